The van der Waals surface area contributed by atoms with Crippen LogP contribution >= 0.6 is 11.6 Å². The Hall–Kier alpha value is -3.33. The first-order valence-corrected chi connectivity index (χ1v) is 12.2. The summed E-state index contributed by atoms with van der Waals surface area (Å²) in [5.41, 5.74) is 7.97. The summed E-state index contributed by atoms with van der Waals surface area (Å²) < 4.78 is 39.9. The predicted molar refractivity (Wildman–Crippen MR) is 134 cm³/mol. The molecule has 7 nitrogen and oxygen atoms in total. The Morgan fingerprint density at radius 3 is 1.88 bits per heavy atom. The zero-order valence-corrected chi connectivity index (χ0v) is 20.3. The normalized spacial score (nSPS) is 11.6. The molecular formula is C25H24ClN3O4S. The lowest BCUT2D eigenvalue weighted by Crippen LogP contribution is -2.30. The van der Waals surface area contributed by atoms with Crippen LogP contribution < -0.4 is 15.2 Å². The first-order chi connectivity index (χ1) is 16.3. The highest BCUT2D eigenvalue weighted by molar-refractivity contribution is 7.89. The van der Waals surface area contributed by atoms with Gasteiger partial charge in [-0.1, -0.05) is 35.9 Å². The molecule has 4 rings (SSSR count). The molecule has 4 aromatic rings. The van der Waals surface area contributed by atoms with Crippen molar-refractivity contribution in [2.75, 3.05) is 20.0 Å². The number of nitrogens with two attached hydrogens (primary N) is 1. The van der Waals surface area contributed by atoms with Crippen LogP contribution in [0.5, 0.6) is 11.5 Å². The van der Waals surface area contributed by atoms with Gasteiger partial charge < -0.3 is 15.2 Å². The van der Waals surface area contributed by atoms with E-state index in [9.17, 15) is 8.42 Å². The van der Waals surface area contributed by atoms with Crippen LogP contribution in [0.25, 0.3) is 10.8 Å². The van der Waals surface area contributed by atoms with Gasteiger partial charge in [-0.05, 0) is 53.6 Å². The van der Waals surface area contributed by atoms with E-state index < -0.39 is 10.0 Å². The van der Waals surface area contributed by atoms with Gasteiger partial charge in [0.1, 0.15) is 16.7 Å². The Kier molecular flexibility index (Phi) is 6.92. The second kappa shape index (κ2) is 9.89. The van der Waals surface area contributed by atoms with Crippen LogP contribution in [0, 0.1) is 0 Å². The number of hydrogen-bond acceptors (Lipinski definition) is 6. The molecule has 0 aliphatic carbocycles. The van der Waals surface area contributed by atoms with E-state index in [1.807, 2.05) is 24.3 Å². The number of nitrogen functional groups attached to an aromatic ring is 1. The molecule has 34 heavy (non-hydrogen) atoms. The minimum absolute atomic E-state index is 0.0776. The minimum atomic E-state index is -3.99. The van der Waals surface area contributed by atoms with Gasteiger partial charge in [-0.2, -0.15) is 4.31 Å². The van der Waals surface area contributed by atoms with Gasteiger partial charge in [0.25, 0.3) is 0 Å². The van der Waals surface area contributed by atoms with Gasteiger partial charge in [-0.15, -0.1) is 0 Å². The number of benzene rings is 3. The van der Waals surface area contributed by atoms with Crippen LogP contribution in [0.2, 0.25) is 5.15 Å². The van der Waals surface area contributed by atoms with Crippen molar-refractivity contribution in [1.82, 2.24) is 9.29 Å². The van der Waals surface area contributed by atoms with Gasteiger partial charge in [-0.25, -0.2) is 13.4 Å². The lowest BCUT2D eigenvalue weighted by molar-refractivity contribution is 0.398. The Bertz CT molecular complexity index is 1360. The molecule has 0 aliphatic heterocycles. The standard InChI is InChI=1S/C25H24ClN3O4S/c1-32-20-7-3-17(4-8-20)15-29(16-18-5-9-21(33-2)10-6-18)34(30,31)24-14-19(27)13-23-22(24)11-12-28-25(23)26/h3-14H,15-16,27H2,1-2H3. The number of methoxy groups -OCH3 is 2. The summed E-state index contributed by atoms with van der Waals surface area (Å²) in [5, 5.41) is 1.14. The number of sulfonamides is 1. The molecule has 176 valence electrons. The number of aromatic nitrogens is 1. The third kappa shape index (κ3) is 4.94. The van der Waals surface area contributed by atoms with Gasteiger partial charge in [0, 0.05) is 35.7 Å². The molecule has 2 N–H and O–H groups in total. The van der Waals surface area contributed by atoms with Gasteiger partial charge in [0.05, 0.1) is 19.1 Å². The number of fused-ring (bicyclic) bond motifs is 1. The highest BCUT2D eigenvalue weighted by Gasteiger charge is 2.28. The number of ether oxygens (including phenoxy) is 2. The maximum Gasteiger partial charge on any atom is 0.244 e. The Morgan fingerprint density at radius 2 is 1.38 bits per heavy atom. The summed E-state index contributed by atoms with van der Waals surface area (Å²) in [7, 11) is -0.823. The minimum Gasteiger partial charge on any atom is -0.497 e. The number of anilines is 1. The van der Waals surface area contributed by atoms with E-state index in [1.54, 1.807) is 50.6 Å². The second-order valence-electron chi connectivity index (χ2n) is 7.69. The van der Waals surface area contributed by atoms with Gasteiger partial charge >= 0.3 is 0 Å². The van der Waals surface area contributed by atoms with E-state index in [0.29, 0.717) is 22.3 Å². The molecule has 0 saturated carbocycles. The summed E-state index contributed by atoms with van der Waals surface area (Å²) in [6, 6.07) is 19.3. The zero-order chi connectivity index (χ0) is 24.3. The molecule has 0 amide bonds. The molecule has 1 aromatic heterocycles. The molecule has 0 spiro atoms. The molecule has 0 fully saturated rings. The fraction of sp³-hybridized carbons (Fsp3) is 0.160. The van der Waals surface area contributed by atoms with E-state index in [2.05, 4.69) is 4.98 Å². The van der Waals surface area contributed by atoms with E-state index in [1.165, 1.54) is 16.6 Å². The Morgan fingerprint density at radius 1 is 0.853 bits per heavy atom. The number of nitrogens with zero attached hydrogens (tertiary/aromatic N) is 2. The van der Waals surface area contributed by atoms with Crippen molar-refractivity contribution in [1.29, 1.82) is 0 Å². The molecule has 3 aromatic carbocycles. The van der Waals surface area contributed by atoms with Crippen LogP contribution in [0.3, 0.4) is 0 Å². The number of pyridine rings is 1. The van der Waals surface area contributed by atoms with E-state index in [0.717, 1.165) is 11.1 Å². The fourth-order valence-electron chi connectivity index (χ4n) is 3.68. The summed E-state index contributed by atoms with van der Waals surface area (Å²) in [6.07, 6.45) is 1.48. The fourth-order valence-corrected chi connectivity index (χ4v) is 5.55. The van der Waals surface area contributed by atoms with Crippen LogP contribution in [0.1, 0.15) is 11.1 Å². The van der Waals surface area contributed by atoms with Gasteiger partial charge in [0.2, 0.25) is 10.0 Å². The van der Waals surface area contributed by atoms with E-state index in [4.69, 9.17) is 26.8 Å². The van der Waals surface area contributed by atoms with Crippen molar-refractivity contribution in [2.45, 2.75) is 18.0 Å². The average molecular weight is 498 g/mol. The molecule has 0 unspecified atom stereocenters. The maximum absolute atomic E-state index is 14.0. The molecule has 0 atom stereocenters. The van der Waals surface area contributed by atoms with Gasteiger partial charge in [-0.3, -0.25) is 0 Å². The first-order valence-electron chi connectivity index (χ1n) is 10.4. The lowest BCUT2D eigenvalue weighted by atomic mass is 10.1. The topological polar surface area (TPSA) is 94.8 Å². The zero-order valence-electron chi connectivity index (χ0n) is 18.7. The van der Waals surface area contributed by atoms with Crippen molar-refractivity contribution in [3.05, 3.63) is 89.2 Å². The molecule has 1 heterocycles. The summed E-state index contributed by atoms with van der Waals surface area (Å²) in [4.78, 5) is 4.14. The number of rotatable bonds is 8. The van der Waals surface area contributed by atoms with E-state index >= 15 is 0 Å². The molecule has 9 heteroatoms. The van der Waals surface area contributed by atoms with Crippen LogP contribution in [-0.2, 0) is 23.1 Å². The quantitative estimate of drug-likeness (QED) is 0.275. The summed E-state index contributed by atoms with van der Waals surface area (Å²) in [5.74, 6) is 1.38. The Labute approximate surface area is 203 Å². The third-order valence-electron chi connectivity index (χ3n) is 5.47. The van der Waals surface area contributed by atoms with Crippen molar-refractivity contribution < 1.29 is 17.9 Å². The maximum atomic E-state index is 14.0. The van der Waals surface area contributed by atoms with Crippen molar-refractivity contribution >= 4 is 38.1 Å². The molecule has 0 radical (unpaired) electrons. The lowest BCUT2D eigenvalue weighted by Gasteiger charge is -2.24. The Balaban J connectivity index is 1.80. The number of halogens is 1. The monoisotopic (exact) mass is 497 g/mol. The highest BCUT2D eigenvalue weighted by Crippen LogP contribution is 2.33. The highest BCUT2D eigenvalue weighted by atomic mass is 35.5. The van der Waals surface area contributed by atoms with Crippen molar-refractivity contribution in [2.24, 2.45) is 0 Å². The summed E-state index contributed by atoms with van der Waals surface area (Å²) in [6.45, 7) is 0.293. The van der Waals surface area contributed by atoms with Crippen molar-refractivity contribution in [3.8, 4) is 11.5 Å². The molecule has 0 aliphatic rings. The second-order valence-corrected chi connectivity index (χ2v) is 9.95. The summed E-state index contributed by atoms with van der Waals surface area (Å²) >= 11 is 6.25. The van der Waals surface area contributed by atoms with Gasteiger partial charge in [0.15, 0.2) is 0 Å². The van der Waals surface area contributed by atoms with Crippen LogP contribution in [0.4, 0.5) is 5.69 Å². The molecule has 0 saturated heterocycles. The van der Waals surface area contributed by atoms with Crippen molar-refractivity contribution in [3.63, 3.8) is 0 Å². The first kappa shape index (κ1) is 23.8. The molecule has 0 bridgehead atoms. The van der Waals surface area contributed by atoms with Crippen LogP contribution in [-0.4, -0.2) is 31.9 Å². The third-order valence-corrected chi connectivity index (χ3v) is 7.60. The SMILES string of the molecule is COc1ccc(CN(Cc2ccc(OC)cc2)S(=O)(=O)c2cc(N)cc3c(Cl)nccc23)cc1. The smallest absolute Gasteiger partial charge is 0.244 e. The number of hydrogen-bond donors (Lipinski definition) is 1. The average Bonchev–Trinajstić information content (AvgIpc) is 2.84. The largest absolute Gasteiger partial charge is 0.497 e. The predicted octanol–water partition coefficient (Wildman–Crippen LogP) is 4.88. The van der Waals surface area contributed by atoms with E-state index in [-0.39, 0.29) is 28.8 Å². The van der Waals surface area contributed by atoms with Crippen LogP contribution in [0.15, 0.2) is 77.8 Å². The molecular weight excluding hydrogens is 474 g/mol.